The number of nitrogens with zero attached hydrogens (tertiary/aromatic N) is 1. The van der Waals surface area contributed by atoms with E-state index in [9.17, 15) is 4.79 Å². The highest BCUT2D eigenvalue weighted by atomic mass is 35.5. The predicted molar refractivity (Wildman–Crippen MR) is 88.3 cm³/mol. The van der Waals surface area contributed by atoms with E-state index in [2.05, 4.69) is 0 Å². The van der Waals surface area contributed by atoms with E-state index in [0.29, 0.717) is 28.0 Å². The summed E-state index contributed by atoms with van der Waals surface area (Å²) >= 11 is 17.9. The first kappa shape index (κ1) is 16.2. The van der Waals surface area contributed by atoms with Gasteiger partial charge in [0, 0.05) is 25.0 Å². The van der Waals surface area contributed by atoms with Gasteiger partial charge >= 0.3 is 0 Å². The van der Waals surface area contributed by atoms with Gasteiger partial charge < -0.3 is 4.90 Å². The normalized spacial score (nSPS) is 10.5. The zero-order chi connectivity index (χ0) is 15.4. The topological polar surface area (TPSA) is 20.3 Å². The van der Waals surface area contributed by atoms with Crippen LogP contribution in [0.4, 0.5) is 0 Å². The van der Waals surface area contributed by atoms with E-state index in [1.807, 2.05) is 24.3 Å². The van der Waals surface area contributed by atoms with Gasteiger partial charge in [-0.15, -0.1) is 11.6 Å². The fourth-order valence-corrected chi connectivity index (χ4v) is 2.55. The third-order valence-electron chi connectivity index (χ3n) is 3.11. The Morgan fingerprint density at radius 2 is 1.86 bits per heavy atom. The molecule has 0 aliphatic carbocycles. The van der Waals surface area contributed by atoms with Gasteiger partial charge in [-0.2, -0.15) is 0 Å². The Balaban J connectivity index is 2.17. The Kier molecular flexibility index (Phi) is 5.51. The summed E-state index contributed by atoms with van der Waals surface area (Å²) in [5, 5.41) is 0.965. The molecule has 0 aromatic heterocycles. The summed E-state index contributed by atoms with van der Waals surface area (Å²) in [5.41, 5.74) is 2.33. The lowest BCUT2D eigenvalue weighted by Crippen LogP contribution is -2.26. The highest BCUT2D eigenvalue weighted by Crippen LogP contribution is 2.26. The van der Waals surface area contributed by atoms with E-state index >= 15 is 0 Å². The van der Waals surface area contributed by atoms with Crippen LogP contribution in [-0.2, 0) is 12.4 Å². The van der Waals surface area contributed by atoms with Gasteiger partial charge in [0.25, 0.3) is 5.91 Å². The SMILES string of the molecule is CN(Cc1cccc(Cl)c1Cl)C(=O)c1cccc(CCl)c1. The van der Waals surface area contributed by atoms with Crippen molar-refractivity contribution in [3.63, 3.8) is 0 Å². The zero-order valence-corrected chi connectivity index (χ0v) is 13.7. The van der Waals surface area contributed by atoms with Gasteiger partial charge in [0.2, 0.25) is 0 Å². The average Bonchev–Trinajstić information content (AvgIpc) is 2.51. The molecule has 2 rings (SSSR count). The van der Waals surface area contributed by atoms with Gasteiger partial charge in [0.15, 0.2) is 0 Å². The van der Waals surface area contributed by atoms with E-state index < -0.39 is 0 Å². The lowest BCUT2D eigenvalue weighted by Gasteiger charge is -2.18. The number of benzene rings is 2. The Morgan fingerprint density at radius 3 is 2.57 bits per heavy atom. The van der Waals surface area contributed by atoms with Crippen molar-refractivity contribution < 1.29 is 4.79 Å². The van der Waals surface area contributed by atoms with Crippen molar-refractivity contribution in [3.05, 3.63) is 69.2 Å². The minimum atomic E-state index is -0.0852. The molecule has 0 fully saturated rings. The summed E-state index contributed by atoms with van der Waals surface area (Å²) in [6.45, 7) is 0.392. The van der Waals surface area contributed by atoms with E-state index in [4.69, 9.17) is 34.8 Å². The lowest BCUT2D eigenvalue weighted by molar-refractivity contribution is 0.0785. The molecule has 0 heterocycles. The van der Waals surface area contributed by atoms with Gasteiger partial charge in [-0.05, 0) is 29.3 Å². The molecule has 0 bridgehead atoms. The first-order chi connectivity index (χ1) is 10.0. The first-order valence-electron chi connectivity index (χ1n) is 6.36. The van der Waals surface area contributed by atoms with Crippen LogP contribution >= 0.6 is 34.8 Å². The molecule has 0 atom stereocenters. The Bertz CT molecular complexity index is 658. The van der Waals surface area contributed by atoms with Gasteiger partial charge in [0.1, 0.15) is 0 Å². The highest BCUT2D eigenvalue weighted by Gasteiger charge is 2.14. The van der Waals surface area contributed by atoms with Gasteiger partial charge in [0.05, 0.1) is 10.0 Å². The second-order valence-corrected chi connectivity index (χ2v) is 5.76. The summed E-state index contributed by atoms with van der Waals surface area (Å²) in [5.74, 6) is 0.295. The monoisotopic (exact) mass is 341 g/mol. The third kappa shape index (κ3) is 3.91. The summed E-state index contributed by atoms with van der Waals surface area (Å²) in [7, 11) is 1.73. The van der Waals surface area contributed by atoms with Gasteiger partial charge in [-0.25, -0.2) is 0 Å². The zero-order valence-electron chi connectivity index (χ0n) is 11.4. The summed E-state index contributed by atoms with van der Waals surface area (Å²) < 4.78 is 0. The smallest absolute Gasteiger partial charge is 0.253 e. The van der Waals surface area contributed by atoms with Crippen molar-refractivity contribution in [2.45, 2.75) is 12.4 Å². The highest BCUT2D eigenvalue weighted by molar-refractivity contribution is 6.42. The summed E-state index contributed by atoms with van der Waals surface area (Å²) in [6.07, 6.45) is 0. The van der Waals surface area contributed by atoms with Crippen molar-refractivity contribution in [2.24, 2.45) is 0 Å². The molecule has 0 radical (unpaired) electrons. The van der Waals surface area contributed by atoms with Crippen molar-refractivity contribution in [1.29, 1.82) is 0 Å². The minimum Gasteiger partial charge on any atom is -0.337 e. The second kappa shape index (κ2) is 7.17. The Morgan fingerprint density at radius 1 is 1.14 bits per heavy atom. The molecule has 2 nitrogen and oxygen atoms in total. The quantitative estimate of drug-likeness (QED) is 0.716. The van der Waals surface area contributed by atoms with Crippen molar-refractivity contribution in [2.75, 3.05) is 7.05 Å². The number of carbonyl (C=O) groups excluding carboxylic acids is 1. The summed E-state index contributed by atoms with van der Waals surface area (Å²) in [4.78, 5) is 14.0. The van der Waals surface area contributed by atoms with E-state index in [1.54, 1.807) is 30.1 Å². The molecule has 0 aliphatic rings. The van der Waals surface area contributed by atoms with E-state index in [-0.39, 0.29) is 5.91 Å². The van der Waals surface area contributed by atoms with Crippen LogP contribution in [0.1, 0.15) is 21.5 Å². The maximum atomic E-state index is 12.4. The molecular formula is C16H14Cl3NO. The molecule has 21 heavy (non-hydrogen) atoms. The predicted octanol–water partition coefficient (Wildman–Crippen LogP) is 5.00. The van der Waals surface area contributed by atoms with Crippen molar-refractivity contribution in [1.82, 2.24) is 4.90 Å². The molecule has 0 saturated heterocycles. The molecule has 0 unspecified atom stereocenters. The first-order valence-corrected chi connectivity index (χ1v) is 7.65. The molecule has 1 amide bonds. The molecule has 110 valence electrons. The van der Waals surface area contributed by atoms with Crippen LogP contribution in [0.3, 0.4) is 0 Å². The van der Waals surface area contributed by atoms with Crippen LogP contribution < -0.4 is 0 Å². The minimum absolute atomic E-state index is 0.0852. The van der Waals surface area contributed by atoms with E-state index in [1.165, 1.54) is 0 Å². The Hall–Kier alpha value is -1.22. The number of rotatable bonds is 4. The van der Waals surface area contributed by atoms with Crippen molar-refractivity contribution >= 4 is 40.7 Å². The fourth-order valence-electron chi connectivity index (χ4n) is 2.01. The lowest BCUT2D eigenvalue weighted by atomic mass is 10.1. The van der Waals surface area contributed by atoms with Crippen LogP contribution in [0.25, 0.3) is 0 Å². The number of hydrogen-bond acceptors (Lipinski definition) is 1. The maximum absolute atomic E-state index is 12.4. The standard InChI is InChI=1S/C16H14Cl3NO/c1-20(10-13-6-3-7-14(18)15(13)19)16(21)12-5-2-4-11(8-12)9-17/h2-8H,9-10H2,1H3. The number of hydrogen-bond donors (Lipinski definition) is 0. The number of halogens is 3. The van der Waals surface area contributed by atoms with Crippen LogP contribution in [0.2, 0.25) is 10.0 Å². The van der Waals surface area contributed by atoms with Crippen LogP contribution in [0, 0.1) is 0 Å². The third-order valence-corrected chi connectivity index (χ3v) is 4.28. The second-order valence-electron chi connectivity index (χ2n) is 4.71. The van der Waals surface area contributed by atoms with E-state index in [0.717, 1.165) is 11.1 Å². The average molecular weight is 343 g/mol. The number of carbonyl (C=O) groups is 1. The van der Waals surface area contributed by atoms with Gasteiger partial charge in [-0.1, -0.05) is 47.5 Å². The molecule has 0 aliphatic heterocycles. The van der Waals surface area contributed by atoms with Crippen LogP contribution in [0.5, 0.6) is 0 Å². The van der Waals surface area contributed by atoms with Gasteiger partial charge in [-0.3, -0.25) is 4.79 Å². The van der Waals surface area contributed by atoms with Crippen LogP contribution in [0.15, 0.2) is 42.5 Å². The fraction of sp³-hybridized carbons (Fsp3) is 0.188. The molecule has 2 aromatic carbocycles. The molecule has 0 saturated carbocycles. The Labute approximate surface area is 139 Å². The summed E-state index contributed by atoms with van der Waals surface area (Å²) in [6, 6.07) is 12.7. The largest absolute Gasteiger partial charge is 0.337 e. The number of amides is 1. The molecule has 0 spiro atoms. The molecule has 2 aromatic rings. The molecular weight excluding hydrogens is 329 g/mol. The molecule has 5 heteroatoms. The van der Waals surface area contributed by atoms with Crippen molar-refractivity contribution in [3.8, 4) is 0 Å². The number of alkyl halides is 1. The van der Waals surface area contributed by atoms with Crippen LogP contribution in [-0.4, -0.2) is 17.9 Å². The molecule has 0 N–H and O–H groups in total. The maximum Gasteiger partial charge on any atom is 0.253 e.